The molecule has 3 rings (SSSR count). The van der Waals surface area contributed by atoms with Gasteiger partial charge in [0.25, 0.3) is 0 Å². The van der Waals surface area contributed by atoms with Crippen LogP contribution in [0.25, 0.3) is 0 Å². The van der Waals surface area contributed by atoms with Gasteiger partial charge in [0.15, 0.2) is 0 Å². The summed E-state index contributed by atoms with van der Waals surface area (Å²) in [5, 5.41) is 0. The van der Waals surface area contributed by atoms with Gasteiger partial charge in [0.2, 0.25) is 5.95 Å². The van der Waals surface area contributed by atoms with Gasteiger partial charge in [0.05, 0.1) is 0 Å². The Bertz CT molecular complexity index is 545. The van der Waals surface area contributed by atoms with Crippen LogP contribution in [0, 0.1) is 5.95 Å². The van der Waals surface area contributed by atoms with Crippen LogP contribution < -0.4 is 5.59 Å². The molecule has 0 amide bonds. The van der Waals surface area contributed by atoms with Gasteiger partial charge in [-0.15, -0.1) is 0 Å². The summed E-state index contributed by atoms with van der Waals surface area (Å²) in [4.78, 5) is 26.7. The highest BCUT2D eigenvalue weighted by Gasteiger charge is 2.67. The number of nitrogens with zero attached hydrogens (tertiary/aromatic N) is 2. The first kappa shape index (κ1) is 11.2. The topological polar surface area (TPSA) is 65.5 Å². The number of hydrogen-bond donors (Lipinski definition) is 0. The molecule has 18 heavy (non-hydrogen) atoms. The Morgan fingerprint density at radius 2 is 1.89 bits per heavy atom. The van der Waals surface area contributed by atoms with E-state index in [4.69, 9.17) is 9.31 Å². The van der Waals surface area contributed by atoms with Gasteiger partial charge < -0.3 is 13.7 Å². The van der Waals surface area contributed by atoms with E-state index in [0.717, 1.165) is 0 Å². The van der Waals surface area contributed by atoms with Gasteiger partial charge >= 0.3 is 18.6 Å². The van der Waals surface area contributed by atoms with Gasteiger partial charge in [-0.2, -0.15) is 4.39 Å². The second kappa shape index (κ2) is 3.29. The summed E-state index contributed by atoms with van der Waals surface area (Å²) in [6.45, 7) is -2.38. The first-order valence-electron chi connectivity index (χ1n) is 5.50. The lowest BCUT2D eigenvalue weighted by molar-refractivity contribution is -0.791. The molecule has 0 spiro atoms. The van der Waals surface area contributed by atoms with Gasteiger partial charge in [-0.1, -0.05) is 12.1 Å². The van der Waals surface area contributed by atoms with E-state index in [0.29, 0.717) is 0 Å². The summed E-state index contributed by atoms with van der Waals surface area (Å²) in [5.41, 5.74) is 0.147. The maximum Gasteiger partial charge on any atom is 0.632 e. The maximum absolute atomic E-state index is 13.2. The molecule has 1 aromatic heterocycles. The average molecular weight is 252 g/mol. The normalized spacial score (nSPS) is 34.1. The van der Waals surface area contributed by atoms with E-state index in [1.807, 2.05) is 0 Å². The summed E-state index contributed by atoms with van der Waals surface area (Å²) in [6, 6.07) is 4.11. The summed E-state index contributed by atoms with van der Waals surface area (Å²) >= 11 is 0. The minimum atomic E-state index is -2.42. The van der Waals surface area contributed by atoms with Gasteiger partial charge in [0.1, 0.15) is 13.1 Å². The molecule has 2 aliphatic heterocycles. The predicted molar refractivity (Wildman–Crippen MR) is 57.7 cm³/mol. The van der Waals surface area contributed by atoms with Crippen LogP contribution >= 0.6 is 0 Å². The Labute approximate surface area is 102 Å². The monoisotopic (exact) mass is 252 g/mol. The molecule has 94 valence electrons. The second-order valence-electron chi connectivity index (χ2n) is 4.83. The zero-order chi connectivity index (χ0) is 13.0. The van der Waals surface area contributed by atoms with Gasteiger partial charge in [-0.3, -0.25) is 14.6 Å². The molecule has 8 heteroatoms. The van der Waals surface area contributed by atoms with E-state index in [1.54, 1.807) is 7.05 Å². The molecule has 2 fully saturated rings. The molecule has 0 unspecified atom stereocenters. The summed E-state index contributed by atoms with van der Waals surface area (Å²) < 4.78 is 23.6. The van der Waals surface area contributed by atoms with Crippen molar-refractivity contribution < 1.29 is 27.7 Å². The molecule has 6 nitrogen and oxygen atoms in total. The molecule has 0 bridgehead atoms. The van der Waals surface area contributed by atoms with Crippen molar-refractivity contribution in [3.05, 3.63) is 24.1 Å². The minimum absolute atomic E-state index is 0.0178. The first-order chi connectivity index (χ1) is 8.45. The molecular weight excluding hydrogens is 242 g/mol. The number of likely N-dealkylation sites (N-methyl/N-ethyl adjacent to an activating group) is 1. The zero-order valence-corrected chi connectivity index (χ0v) is 9.63. The summed E-state index contributed by atoms with van der Waals surface area (Å²) in [5.74, 6) is -1.66. The Hall–Kier alpha value is -1.96. The average Bonchev–Trinajstić information content (AvgIpc) is 2.62. The van der Waals surface area contributed by atoms with Gasteiger partial charge in [-0.25, -0.2) is 0 Å². The molecule has 0 atom stereocenters. The van der Waals surface area contributed by atoms with Crippen LogP contribution in [0.3, 0.4) is 0 Å². The molecule has 3 heterocycles. The molecule has 1 aromatic rings. The molecule has 0 aromatic carbocycles. The molecular formula is C10H10BFN2O4. The van der Waals surface area contributed by atoms with Crippen LogP contribution in [0.4, 0.5) is 4.39 Å². The van der Waals surface area contributed by atoms with E-state index < -0.39 is 24.6 Å². The van der Waals surface area contributed by atoms with Crippen molar-refractivity contribution in [3.63, 3.8) is 0 Å². The lowest BCUT2D eigenvalue weighted by atomic mass is 9.64. The summed E-state index contributed by atoms with van der Waals surface area (Å²) in [6.07, 6.45) is 0. The number of halogens is 1. The predicted octanol–water partition coefficient (Wildman–Crippen LogP) is -1.07. The highest BCUT2D eigenvalue weighted by atomic mass is 19.1. The Balaban J connectivity index is 2.17. The van der Waals surface area contributed by atoms with E-state index in [1.165, 1.54) is 18.2 Å². The zero-order valence-electron chi connectivity index (χ0n) is 9.63. The Morgan fingerprint density at radius 3 is 2.44 bits per heavy atom. The van der Waals surface area contributed by atoms with E-state index in [2.05, 4.69) is 4.98 Å². The lowest BCUT2D eigenvalue weighted by Gasteiger charge is -2.39. The van der Waals surface area contributed by atoms with E-state index >= 15 is 0 Å². The van der Waals surface area contributed by atoms with Crippen LogP contribution in [0.5, 0.6) is 0 Å². The number of carbonyl (C=O) groups excluding carboxylic acids is 2. The molecule has 2 aliphatic rings. The largest absolute Gasteiger partial charge is 0.632 e. The molecule has 0 N–H and O–H groups in total. The number of pyridine rings is 1. The number of quaternary nitrogens is 1. The maximum atomic E-state index is 13.2. The number of rotatable bonds is 1. The van der Waals surface area contributed by atoms with Crippen LogP contribution in [-0.4, -0.2) is 48.1 Å². The number of hydrogen-bond acceptors (Lipinski definition) is 5. The van der Waals surface area contributed by atoms with Crippen LogP contribution in [-0.2, 0) is 18.9 Å². The second-order valence-corrected chi connectivity index (χ2v) is 4.83. The molecule has 0 saturated carbocycles. The lowest BCUT2D eigenvalue weighted by Crippen LogP contribution is -2.68. The first-order valence-corrected chi connectivity index (χ1v) is 5.50. The fourth-order valence-corrected chi connectivity index (χ4v) is 2.66. The van der Waals surface area contributed by atoms with E-state index in [9.17, 15) is 14.0 Å². The fraction of sp³-hybridized carbons (Fsp3) is 0.300. The molecule has 2 saturated heterocycles. The molecule has 0 radical (unpaired) electrons. The Kier molecular flexibility index (Phi) is 2.04. The van der Waals surface area contributed by atoms with Crippen molar-refractivity contribution >= 4 is 24.2 Å². The quantitative estimate of drug-likeness (QED) is 0.470. The number of fused-ring (bicyclic) bond motifs is 1. The standard InChI is InChI=1S/C10H10BFN2O4/c1-14-5-9(15)17-11(14,18-10(16)6-14)7-3-2-4-8(12)13-7/h2-4H,5-6H2,1H3. The van der Waals surface area contributed by atoms with Crippen molar-refractivity contribution in [2.75, 3.05) is 20.1 Å². The minimum Gasteiger partial charge on any atom is -0.595 e. The summed E-state index contributed by atoms with van der Waals surface area (Å²) in [7, 11) is 1.67. The van der Waals surface area contributed by atoms with Crippen molar-refractivity contribution in [1.82, 2.24) is 4.98 Å². The van der Waals surface area contributed by atoms with E-state index in [-0.39, 0.29) is 23.1 Å². The Morgan fingerprint density at radius 1 is 1.28 bits per heavy atom. The molecule has 0 aliphatic carbocycles. The van der Waals surface area contributed by atoms with Crippen LogP contribution in [0.1, 0.15) is 0 Å². The SMILES string of the molecule is C[N+]12CC(=O)O[B-]1(c1cccc(F)n1)OC(=O)C2. The van der Waals surface area contributed by atoms with Crippen LogP contribution in [0.15, 0.2) is 18.2 Å². The third kappa shape index (κ3) is 1.29. The number of aromatic nitrogens is 1. The fourth-order valence-electron chi connectivity index (χ4n) is 2.66. The highest BCUT2D eigenvalue weighted by Crippen LogP contribution is 2.32. The van der Waals surface area contributed by atoms with Crippen molar-refractivity contribution in [2.45, 2.75) is 0 Å². The van der Waals surface area contributed by atoms with Gasteiger partial charge in [0, 0.05) is 12.6 Å². The van der Waals surface area contributed by atoms with Crippen molar-refractivity contribution in [2.24, 2.45) is 0 Å². The third-order valence-corrected chi connectivity index (χ3v) is 3.49. The van der Waals surface area contributed by atoms with Crippen LogP contribution in [0.2, 0.25) is 0 Å². The van der Waals surface area contributed by atoms with Gasteiger partial charge in [-0.05, 0) is 6.07 Å². The van der Waals surface area contributed by atoms with Crippen molar-refractivity contribution in [3.8, 4) is 0 Å². The third-order valence-electron chi connectivity index (χ3n) is 3.49. The number of carbonyl (C=O) groups is 2. The smallest absolute Gasteiger partial charge is 0.595 e. The highest BCUT2D eigenvalue weighted by molar-refractivity contribution is 6.78. The van der Waals surface area contributed by atoms with Crippen molar-refractivity contribution in [1.29, 1.82) is 0 Å².